The lowest BCUT2D eigenvalue weighted by atomic mass is 9.80. The predicted molar refractivity (Wildman–Crippen MR) is 67.1 cm³/mol. The molecule has 2 heteroatoms. The average Bonchev–Trinajstić information content (AvgIpc) is 2.30. The number of aryl methyl sites for hydroxylation is 1. The van der Waals surface area contributed by atoms with Crippen molar-refractivity contribution >= 4 is 0 Å². The van der Waals surface area contributed by atoms with Crippen molar-refractivity contribution in [3.05, 3.63) is 29.3 Å². The standard InChI is InChI=1S/C14H21NO/c1-10-8-12(16-3)4-5-13(10)14-6-7-15-9-11(14)2/h4-5,8,11,14-15H,6-7,9H2,1-3H3. The van der Waals surface area contributed by atoms with Crippen LogP contribution in [0.4, 0.5) is 0 Å². The van der Waals surface area contributed by atoms with E-state index in [1.54, 1.807) is 7.11 Å². The van der Waals surface area contributed by atoms with Crippen molar-refractivity contribution < 1.29 is 4.74 Å². The second-order valence-electron chi connectivity index (χ2n) is 4.80. The molecule has 0 amide bonds. The number of methoxy groups -OCH3 is 1. The van der Waals surface area contributed by atoms with Gasteiger partial charge in [-0.05, 0) is 61.5 Å². The van der Waals surface area contributed by atoms with Crippen LogP contribution >= 0.6 is 0 Å². The van der Waals surface area contributed by atoms with Gasteiger partial charge in [0.25, 0.3) is 0 Å². The van der Waals surface area contributed by atoms with Gasteiger partial charge in [0.15, 0.2) is 0 Å². The first kappa shape index (κ1) is 11.5. The van der Waals surface area contributed by atoms with Crippen LogP contribution in [0.3, 0.4) is 0 Å². The summed E-state index contributed by atoms with van der Waals surface area (Å²) >= 11 is 0. The Balaban J connectivity index is 2.25. The van der Waals surface area contributed by atoms with E-state index in [0.29, 0.717) is 5.92 Å². The smallest absolute Gasteiger partial charge is 0.119 e. The van der Waals surface area contributed by atoms with E-state index in [2.05, 4.69) is 37.4 Å². The van der Waals surface area contributed by atoms with E-state index >= 15 is 0 Å². The molecule has 1 aromatic carbocycles. The Labute approximate surface area is 98.0 Å². The van der Waals surface area contributed by atoms with E-state index in [9.17, 15) is 0 Å². The van der Waals surface area contributed by atoms with Crippen LogP contribution in [-0.2, 0) is 0 Å². The molecule has 0 aromatic heterocycles. The first-order valence-electron chi connectivity index (χ1n) is 6.07. The van der Waals surface area contributed by atoms with E-state index in [1.165, 1.54) is 17.5 Å². The molecule has 2 rings (SSSR count). The molecule has 0 radical (unpaired) electrons. The Morgan fingerprint density at radius 2 is 2.19 bits per heavy atom. The summed E-state index contributed by atoms with van der Waals surface area (Å²) in [6.07, 6.45) is 1.24. The maximum absolute atomic E-state index is 5.25. The third kappa shape index (κ3) is 2.22. The molecule has 0 spiro atoms. The molecule has 16 heavy (non-hydrogen) atoms. The van der Waals surface area contributed by atoms with Gasteiger partial charge >= 0.3 is 0 Å². The Bertz CT molecular complexity index is 362. The Morgan fingerprint density at radius 3 is 2.81 bits per heavy atom. The lowest BCUT2D eigenvalue weighted by Crippen LogP contribution is -2.34. The summed E-state index contributed by atoms with van der Waals surface area (Å²) in [4.78, 5) is 0. The zero-order chi connectivity index (χ0) is 11.5. The average molecular weight is 219 g/mol. The summed E-state index contributed by atoms with van der Waals surface area (Å²) in [6.45, 7) is 6.80. The molecule has 2 atom stereocenters. The third-order valence-electron chi connectivity index (χ3n) is 3.66. The quantitative estimate of drug-likeness (QED) is 0.825. The number of piperidine rings is 1. The SMILES string of the molecule is COc1ccc(C2CCNCC2C)c(C)c1. The minimum absolute atomic E-state index is 0.701. The van der Waals surface area contributed by atoms with Crippen LogP contribution < -0.4 is 10.1 Å². The van der Waals surface area contributed by atoms with Gasteiger partial charge in [0, 0.05) is 0 Å². The molecule has 1 saturated heterocycles. The van der Waals surface area contributed by atoms with Gasteiger partial charge in [0.05, 0.1) is 7.11 Å². The van der Waals surface area contributed by atoms with Gasteiger partial charge in [0.2, 0.25) is 0 Å². The van der Waals surface area contributed by atoms with Gasteiger partial charge in [0.1, 0.15) is 5.75 Å². The normalized spacial score (nSPS) is 25.4. The highest BCUT2D eigenvalue weighted by Gasteiger charge is 2.23. The van der Waals surface area contributed by atoms with Gasteiger partial charge in [-0.25, -0.2) is 0 Å². The highest BCUT2D eigenvalue weighted by molar-refractivity contribution is 5.37. The summed E-state index contributed by atoms with van der Waals surface area (Å²) in [5.41, 5.74) is 2.85. The number of hydrogen-bond acceptors (Lipinski definition) is 2. The summed E-state index contributed by atoms with van der Waals surface area (Å²) < 4.78 is 5.25. The zero-order valence-electron chi connectivity index (χ0n) is 10.4. The number of nitrogens with one attached hydrogen (secondary N) is 1. The molecule has 0 bridgehead atoms. The summed E-state index contributed by atoms with van der Waals surface area (Å²) in [7, 11) is 1.72. The monoisotopic (exact) mass is 219 g/mol. The Kier molecular flexibility index (Phi) is 3.49. The number of benzene rings is 1. The molecular formula is C14H21NO. The molecule has 0 aliphatic carbocycles. The molecule has 1 aliphatic heterocycles. The molecule has 1 fully saturated rings. The first-order valence-corrected chi connectivity index (χ1v) is 6.07. The summed E-state index contributed by atoms with van der Waals surface area (Å²) in [5.74, 6) is 2.39. The van der Waals surface area contributed by atoms with Crippen LogP contribution in [0.15, 0.2) is 18.2 Å². The van der Waals surface area contributed by atoms with E-state index in [4.69, 9.17) is 4.74 Å². The molecule has 1 heterocycles. The minimum Gasteiger partial charge on any atom is -0.497 e. The van der Waals surface area contributed by atoms with Crippen LogP contribution in [-0.4, -0.2) is 20.2 Å². The fraction of sp³-hybridized carbons (Fsp3) is 0.571. The van der Waals surface area contributed by atoms with Gasteiger partial charge in [-0.2, -0.15) is 0 Å². The van der Waals surface area contributed by atoms with E-state index in [0.717, 1.165) is 24.8 Å². The molecule has 1 aliphatic rings. The van der Waals surface area contributed by atoms with Crippen LogP contribution in [0.1, 0.15) is 30.4 Å². The molecule has 2 nitrogen and oxygen atoms in total. The highest BCUT2D eigenvalue weighted by Crippen LogP contribution is 2.33. The van der Waals surface area contributed by atoms with Gasteiger partial charge in [-0.1, -0.05) is 13.0 Å². The van der Waals surface area contributed by atoms with E-state index in [1.807, 2.05) is 0 Å². The zero-order valence-corrected chi connectivity index (χ0v) is 10.4. The third-order valence-corrected chi connectivity index (χ3v) is 3.66. The van der Waals surface area contributed by atoms with Crippen molar-refractivity contribution in [1.29, 1.82) is 0 Å². The van der Waals surface area contributed by atoms with Crippen molar-refractivity contribution in [1.82, 2.24) is 5.32 Å². The van der Waals surface area contributed by atoms with Crippen molar-refractivity contribution in [2.45, 2.75) is 26.2 Å². The van der Waals surface area contributed by atoms with Crippen molar-refractivity contribution in [3.63, 3.8) is 0 Å². The number of hydrogen-bond donors (Lipinski definition) is 1. The molecule has 1 N–H and O–H groups in total. The Hall–Kier alpha value is -1.02. The predicted octanol–water partition coefficient (Wildman–Crippen LogP) is 2.72. The fourth-order valence-corrected chi connectivity index (χ4v) is 2.67. The van der Waals surface area contributed by atoms with E-state index < -0.39 is 0 Å². The Morgan fingerprint density at radius 1 is 1.38 bits per heavy atom. The number of rotatable bonds is 2. The van der Waals surface area contributed by atoms with Gasteiger partial charge in [-0.3, -0.25) is 0 Å². The van der Waals surface area contributed by atoms with Crippen LogP contribution in [0.25, 0.3) is 0 Å². The van der Waals surface area contributed by atoms with Crippen molar-refractivity contribution in [2.24, 2.45) is 5.92 Å². The van der Waals surface area contributed by atoms with Crippen LogP contribution in [0.5, 0.6) is 5.75 Å². The summed E-state index contributed by atoms with van der Waals surface area (Å²) in [5, 5.41) is 3.45. The van der Waals surface area contributed by atoms with Crippen LogP contribution in [0, 0.1) is 12.8 Å². The maximum Gasteiger partial charge on any atom is 0.119 e. The largest absolute Gasteiger partial charge is 0.497 e. The lowest BCUT2D eigenvalue weighted by Gasteiger charge is -2.31. The second kappa shape index (κ2) is 4.88. The number of ether oxygens (including phenoxy) is 1. The first-order chi connectivity index (χ1) is 7.72. The summed E-state index contributed by atoms with van der Waals surface area (Å²) in [6, 6.07) is 6.46. The van der Waals surface area contributed by atoms with Crippen molar-refractivity contribution in [2.75, 3.05) is 20.2 Å². The topological polar surface area (TPSA) is 21.3 Å². The van der Waals surface area contributed by atoms with E-state index in [-0.39, 0.29) is 0 Å². The molecule has 1 aromatic rings. The minimum atomic E-state index is 0.701. The second-order valence-corrected chi connectivity index (χ2v) is 4.80. The van der Waals surface area contributed by atoms with Gasteiger partial charge < -0.3 is 10.1 Å². The molecular weight excluding hydrogens is 198 g/mol. The van der Waals surface area contributed by atoms with Crippen LogP contribution in [0.2, 0.25) is 0 Å². The molecule has 2 unspecified atom stereocenters. The maximum atomic E-state index is 5.25. The van der Waals surface area contributed by atoms with Gasteiger partial charge in [-0.15, -0.1) is 0 Å². The fourth-order valence-electron chi connectivity index (χ4n) is 2.67. The highest BCUT2D eigenvalue weighted by atomic mass is 16.5. The van der Waals surface area contributed by atoms with Crippen molar-refractivity contribution in [3.8, 4) is 5.75 Å². The lowest BCUT2D eigenvalue weighted by molar-refractivity contribution is 0.348. The molecule has 88 valence electrons. The molecule has 0 saturated carbocycles.